The molecule has 2 aromatic rings. The highest BCUT2D eigenvalue weighted by atomic mass is 16.5. The molecule has 36 heavy (non-hydrogen) atoms. The van der Waals surface area contributed by atoms with Crippen LogP contribution in [-0.4, -0.2) is 30.8 Å². The van der Waals surface area contributed by atoms with Gasteiger partial charge < -0.3 is 20.9 Å². The number of esters is 1. The van der Waals surface area contributed by atoms with Gasteiger partial charge in [-0.25, -0.2) is 0 Å². The van der Waals surface area contributed by atoms with Crippen molar-refractivity contribution < 1.29 is 14.3 Å². The van der Waals surface area contributed by atoms with Crippen LogP contribution < -0.4 is 16.2 Å². The normalized spacial score (nSPS) is 14.9. The number of rotatable bonds is 11. The fraction of sp³-hybridized carbons (Fsp3) is 0.516. The molecule has 2 aromatic carbocycles. The summed E-state index contributed by atoms with van der Waals surface area (Å²) >= 11 is 0. The third-order valence-corrected chi connectivity index (χ3v) is 7.09. The number of aryl methyl sites for hydroxylation is 2. The van der Waals surface area contributed by atoms with Gasteiger partial charge in [0.1, 0.15) is 5.75 Å². The van der Waals surface area contributed by atoms with Gasteiger partial charge in [-0.05, 0) is 94.2 Å². The average molecular weight is 493 g/mol. The molecule has 0 saturated carbocycles. The number of carbonyl (C=O) groups excluding carboxylic acids is 1. The van der Waals surface area contributed by atoms with E-state index in [0.29, 0.717) is 26.1 Å². The Morgan fingerprint density at radius 1 is 1.03 bits per heavy atom. The van der Waals surface area contributed by atoms with Gasteiger partial charge in [0.05, 0.1) is 18.6 Å². The van der Waals surface area contributed by atoms with Crippen molar-refractivity contribution in [2.45, 2.75) is 84.7 Å². The molecule has 0 saturated heterocycles. The Morgan fingerprint density at radius 2 is 1.78 bits per heavy atom. The molecule has 4 N–H and O–H groups in total. The number of carbonyl (C=O) groups is 1. The molecule has 0 spiro atoms. The molecule has 0 amide bonds. The number of hydrogen-bond donors (Lipinski definition) is 2. The number of allylic oxidation sites excluding steroid dienone is 1. The molecule has 5 heteroatoms. The molecule has 1 atom stereocenters. The Hall–Kier alpha value is -2.63. The van der Waals surface area contributed by atoms with E-state index in [-0.39, 0.29) is 12.0 Å². The third kappa shape index (κ3) is 7.21. The molecule has 0 heterocycles. The van der Waals surface area contributed by atoms with Crippen molar-refractivity contribution in [2.24, 2.45) is 16.9 Å². The monoisotopic (exact) mass is 492 g/mol. The fourth-order valence-electron chi connectivity index (χ4n) is 4.73. The molecule has 1 unspecified atom stereocenters. The zero-order chi connectivity index (χ0) is 26.3. The van der Waals surface area contributed by atoms with Crippen molar-refractivity contribution in [1.82, 2.24) is 0 Å². The summed E-state index contributed by atoms with van der Waals surface area (Å²) in [5.41, 5.74) is 17.7. The number of benzene rings is 2. The van der Waals surface area contributed by atoms with Crippen molar-refractivity contribution in [3.8, 4) is 5.75 Å². The highest BCUT2D eigenvalue weighted by Crippen LogP contribution is 2.35. The Balaban J connectivity index is 1.62. The number of hydrogen-bond acceptors (Lipinski definition) is 5. The van der Waals surface area contributed by atoms with Gasteiger partial charge in [0.25, 0.3) is 0 Å². The smallest absolute Gasteiger partial charge is 0.313 e. The van der Waals surface area contributed by atoms with Crippen molar-refractivity contribution in [3.63, 3.8) is 0 Å². The summed E-state index contributed by atoms with van der Waals surface area (Å²) < 4.78 is 11.8. The third-order valence-electron chi connectivity index (χ3n) is 7.09. The lowest BCUT2D eigenvalue weighted by molar-refractivity contribution is -0.155. The van der Waals surface area contributed by atoms with Crippen LogP contribution in [0.3, 0.4) is 0 Å². The summed E-state index contributed by atoms with van der Waals surface area (Å²) in [6.45, 7) is 10.4. The van der Waals surface area contributed by atoms with E-state index in [1.54, 1.807) is 0 Å². The van der Waals surface area contributed by atoms with Gasteiger partial charge in [0.15, 0.2) is 0 Å². The molecule has 0 radical (unpaired) electrons. The Labute approximate surface area is 217 Å². The van der Waals surface area contributed by atoms with Crippen molar-refractivity contribution in [2.75, 3.05) is 13.2 Å². The molecular weight excluding hydrogens is 448 g/mol. The first-order valence-electron chi connectivity index (χ1n) is 13.3. The highest BCUT2D eigenvalue weighted by molar-refractivity contribution is 5.86. The second-order valence-corrected chi connectivity index (χ2v) is 11.2. The maximum Gasteiger partial charge on any atom is 0.313 e. The van der Waals surface area contributed by atoms with Crippen LogP contribution in [0.25, 0.3) is 11.6 Å². The van der Waals surface area contributed by atoms with E-state index in [1.807, 2.05) is 33.8 Å². The van der Waals surface area contributed by atoms with Crippen molar-refractivity contribution in [1.29, 1.82) is 0 Å². The lowest BCUT2D eigenvalue weighted by Gasteiger charge is -2.33. The maximum atomic E-state index is 12.7. The molecule has 0 aromatic heterocycles. The minimum atomic E-state index is -0.801. The topological polar surface area (TPSA) is 87.6 Å². The molecular formula is C31H44N2O3. The Bertz CT molecular complexity index is 1070. The quantitative estimate of drug-likeness (QED) is 0.300. The first-order chi connectivity index (χ1) is 17.0. The van der Waals surface area contributed by atoms with Crippen LogP contribution in [0.4, 0.5) is 0 Å². The van der Waals surface area contributed by atoms with Gasteiger partial charge in [-0.2, -0.15) is 0 Å². The van der Waals surface area contributed by atoms with Crippen molar-refractivity contribution in [3.05, 3.63) is 64.7 Å². The molecule has 3 rings (SSSR count). The molecule has 1 aliphatic rings. The summed E-state index contributed by atoms with van der Waals surface area (Å²) in [6, 6.07) is 14.6. The van der Waals surface area contributed by atoms with E-state index in [4.69, 9.17) is 20.9 Å². The maximum absolute atomic E-state index is 12.7. The molecule has 0 bridgehead atoms. The van der Waals surface area contributed by atoms with Gasteiger partial charge in [-0.1, -0.05) is 43.3 Å². The summed E-state index contributed by atoms with van der Waals surface area (Å²) in [7, 11) is 0. The molecule has 5 nitrogen and oxygen atoms in total. The van der Waals surface area contributed by atoms with E-state index >= 15 is 0 Å². The van der Waals surface area contributed by atoms with Crippen molar-refractivity contribution >= 4 is 17.6 Å². The van der Waals surface area contributed by atoms with Gasteiger partial charge in [-0.3, -0.25) is 4.79 Å². The fourth-order valence-corrected chi connectivity index (χ4v) is 4.73. The second kappa shape index (κ2) is 12.1. The van der Waals surface area contributed by atoms with Crippen LogP contribution in [0.2, 0.25) is 0 Å². The summed E-state index contributed by atoms with van der Waals surface area (Å²) in [5.74, 6) is 0.592. The molecule has 1 aliphatic carbocycles. The van der Waals surface area contributed by atoms with Crippen LogP contribution in [-0.2, 0) is 22.4 Å². The second-order valence-electron chi connectivity index (χ2n) is 11.2. The van der Waals surface area contributed by atoms with Crippen LogP contribution in [0.15, 0.2) is 42.5 Å². The van der Waals surface area contributed by atoms with Crippen LogP contribution in [0.1, 0.15) is 82.6 Å². The SMILES string of the molecule is CCc1ccccc1C1=Cc2c(cccc2OCCCOC(=O)C(C)(C)C(N)CC(C)(C)N)CCC1. The number of ether oxygens (including phenoxy) is 2. The predicted molar refractivity (Wildman–Crippen MR) is 149 cm³/mol. The van der Waals surface area contributed by atoms with E-state index < -0.39 is 11.0 Å². The number of nitrogens with two attached hydrogens (primary N) is 2. The summed E-state index contributed by atoms with van der Waals surface area (Å²) in [6.07, 6.45) is 7.69. The molecule has 0 aliphatic heterocycles. The summed E-state index contributed by atoms with van der Waals surface area (Å²) in [5, 5.41) is 0. The molecule has 196 valence electrons. The lowest BCUT2D eigenvalue weighted by atomic mass is 9.79. The van der Waals surface area contributed by atoms with Crippen LogP contribution in [0, 0.1) is 5.41 Å². The van der Waals surface area contributed by atoms with E-state index in [2.05, 4.69) is 49.4 Å². The highest BCUT2D eigenvalue weighted by Gasteiger charge is 2.38. The first-order valence-corrected chi connectivity index (χ1v) is 13.3. The minimum absolute atomic E-state index is 0.293. The Kier molecular flexibility index (Phi) is 9.37. The largest absolute Gasteiger partial charge is 0.493 e. The van der Waals surface area contributed by atoms with Gasteiger partial charge in [0, 0.05) is 23.6 Å². The van der Waals surface area contributed by atoms with Crippen LogP contribution >= 0.6 is 0 Å². The standard InChI is InChI=1S/C31H44N2O3/c1-6-22-12-7-8-16-25(22)24-15-9-13-23-14-10-17-27(26(23)20-24)35-18-11-19-36-29(34)31(4,5)28(32)21-30(2,3)33/h7-8,10,12,14,16-17,20,28H,6,9,11,13,15,18-19,21,32-33H2,1-5H3. The van der Waals surface area contributed by atoms with E-state index in [0.717, 1.165) is 31.4 Å². The zero-order valence-corrected chi connectivity index (χ0v) is 22.7. The number of fused-ring (bicyclic) bond motifs is 1. The minimum Gasteiger partial charge on any atom is -0.493 e. The van der Waals surface area contributed by atoms with Gasteiger partial charge in [0.2, 0.25) is 0 Å². The van der Waals surface area contributed by atoms with E-state index in [9.17, 15) is 4.79 Å². The van der Waals surface area contributed by atoms with Gasteiger partial charge in [-0.15, -0.1) is 0 Å². The van der Waals surface area contributed by atoms with E-state index in [1.165, 1.54) is 27.8 Å². The van der Waals surface area contributed by atoms with Gasteiger partial charge >= 0.3 is 5.97 Å². The Morgan fingerprint density at radius 3 is 2.50 bits per heavy atom. The zero-order valence-electron chi connectivity index (χ0n) is 22.7. The van der Waals surface area contributed by atoms with Crippen LogP contribution in [0.5, 0.6) is 5.75 Å². The average Bonchev–Trinajstić information content (AvgIpc) is 3.05. The molecule has 0 fully saturated rings. The summed E-state index contributed by atoms with van der Waals surface area (Å²) in [4.78, 5) is 12.7. The lowest BCUT2D eigenvalue weighted by Crippen LogP contribution is -2.50. The first kappa shape index (κ1) is 27.9. The predicted octanol–water partition coefficient (Wildman–Crippen LogP) is 5.92.